The average molecular weight is 327 g/mol. The Morgan fingerprint density at radius 3 is 3.25 bits per heavy atom. The minimum atomic E-state index is -0.295. The molecule has 1 aromatic carbocycles. The van der Waals surface area contributed by atoms with Crippen LogP contribution in [0.4, 0.5) is 4.39 Å². The van der Waals surface area contributed by atoms with Gasteiger partial charge in [0.25, 0.3) is 0 Å². The van der Waals surface area contributed by atoms with Gasteiger partial charge in [-0.25, -0.2) is 9.37 Å². The fraction of sp³-hybridized carbons (Fsp3) is 0.353. The Hall–Kier alpha value is -2.54. The lowest BCUT2D eigenvalue weighted by Crippen LogP contribution is -2.29. The molecule has 124 valence electrons. The molecule has 1 atom stereocenters. The summed E-state index contributed by atoms with van der Waals surface area (Å²) in [6.07, 6.45) is 5.50. The number of nitrogens with zero attached hydrogens (tertiary/aromatic N) is 4. The zero-order valence-corrected chi connectivity index (χ0v) is 13.2. The van der Waals surface area contributed by atoms with Crippen LogP contribution in [0.2, 0.25) is 0 Å². The molecule has 24 heavy (non-hydrogen) atoms. The van der Waals surface area contributed by atoms with Crippen LogP contribution in [0.3, 0.4) is 0 Å². The zero-order valence-electron chi connectivity index (χ0n) is 13.2. The first kappa shape index (κ1) is 15.0. The van der Waals surface area contributed by atoms with Crippen LogP contribution < -0.4 is 5.32 Å². The molecule has 3 aromatic rings. The van der Waals surface area contributed by atoms with Gasteiger partial charge in [0.1, 0.15) is 24.2 Å². The quantitative estimate of drug-likeness (QED) is 0.779. The van der Waals surface area contributed by atoms with Crippen LogP contribution >= 0.6 is 0 Å². The Balaban J connectivity index is 1.31. The van der Waals surface area contributed by atoms with Crippen LogP contribution in [0.5, 0.6) is 0 Å². The highest BCUT2D eigenvalue weighted by atomic mass is 19.1. The minimum absolute atomic E-state index is 0.295. The number of benzene rings is 1. The zero-order chi connectivity index (χ0) is 16.4. The van der Waals surface area contributed by atoms with Crippen molar-refractivity contribution in [1.82, 2.24) is 25.1 Å². The molecule has 0 saturated carbocycles. The number of rotatable bonds is 5. The lowest BCUT2D eigenvalue weighted by Gasteiger charge is -2.23. The second-order valence-corrected chi connectivity index (χ2v) is 6.09. The first-order chi connectivity index (χ1) is 11.8. The van der Waals surface area contributed by atoms with Gasteiger partial charge in [0.05, 0.1) is 5.69 Å². The Bertz CT molecular complexity index is 828. The van der Waals surface area contributed by atoms with Crippen molar-refractivity contribution in [2.24, 2.45) is 5.92 Å². The largest absolute Gasteiger partial charge is 0.444 e. The van der Waals surface area contributed by atoms with E-state index in [1.807, 2.05) is 0 Å². The molecule has 4 rings (SSSR count). The lowest BCUT2D eigenvalue weighted by atomic mass is 9.99. The average Bonchev–Trinajstić information content (AvgIpc) is 3.23. The highest BCUT2D eigenvalue weighted by molar-refractivity contribution is 5.52. The molecule has 0 fully saturated rings. The summed E-state index contributed by atoms with van der Waals surface area (Å²) < 4.78 is 20.8. The summed E-state index contributed by atoms with van der Waals surface area (Å²) in [5.41, 5.74) is 1.46. The molecule has 1 aliphatic heterocycles. The number of hydrogen-bond donors (Lipinski definition) is 1. The first-order valence-electron chi connectivity index (χ1n) is 8.05. The molecule has 1 aliphatic rings. The van der Waals surface area contributed by atoms with Crippen molar-refractivity contribution in [2.75, 3.05) is 6.54 Å². The van der Waals surface area contributed by atoms with Gasteiger partial charge in [0.2, 0.25) is 5.89 Å². The molecule has 0 amide bonds. The summed E-state index contributed by atoms with van der Waals surface area (Å²) in [5.74, 6) is 1.78. The van der Waals surface area contributed by atoms with Crippen molar-refractivity contribution in [3.05, 3.63) is 54.2 Å². The summed E-state index contributed by atoms with van der Waals surface area (Å²) in [4.78, 5) is 4.41. The van der Waals surface area contributed by atoms with Gasteiger partial charge in [-0.2, -0.15) is 0 Å². The van der Waals surface area contributed by atoms with Gasteiger partial charge in [-0.3, -0.25) is 0 Å². The van der Waals surface area contributed by atoms with E-state index in [-0.39, 0.29) is 5.82 Å². The summed E-state index contributed by atoms with van der Waals surface area (Å²) in [7, 11) is 0. The SMILES string of the molecule is Fc1cccc(-c2nc(CNCC3CCc4nncn4C3)co2)c1. The Morgan fingerprint density at radius 1 is 1.38 bits per heavy atom. The molecule has 0 saturated heterocycles. The molecular weight excluding hydrogens is 309 g/mol. The van der Waals surface area contributed by atoms with E-state index in [0.717, 1.165) is 37.4 Å². The lowest BCUT2D eigenvalue weighted by molar-refractivity contribution is 0.347. The predicted octanol–water partition coefficient (Wildman–Crippen LogP) is 2.42. The Morgan fingerprint density at radius 2 is 2.33 bits per heavy atom. The number of oxazole rings is 1. The molecular formula is C17H18FN5O. The van der Waals surface area contributed by atoms with E-state index in [1.165, 1.54) is 12.1 Å². The number of halogens is 1. The number of fused-ring (bicyclic) bond motifs is 1. The predicted molar refractivity (Wildman–Crippen MR) is 85.4 cm³/mol. The smallest absolute Gasteiger partial charge is 0.226 e. The fourth-order valence-electron chi connectivity index (χ4n) is 3.04. The van der Waals surface area contributed by atoms with Crippen LogP contribution in [-0.2, 0) is 19.5 Å². The monoisotopic (exact) mass is 327 g/mol. The number of aromatic nitrogens is 4. The third-order valence-corrected chi connectivity index (χ3v) is 4.29. The second kappa shape index (κ2) is 6.52. The molecule has 0 spiro atoms. The van der Waals surface area contributed by atoms with E-state index in [9.17, 15) is 4.39 Å². The Kier molecular flexibility index (Phi) is 4.08. The minimum Gasteiger partial charge on any atom is -0.444 e. The summed E-state index contributed by atoms with van der Waals surface area (Å²) >= 11 is 0. The van der Waals surface area contributed by atoms with Gasteiger partial charge < -0.3 is 14.3 Å². The van der Waals surface area contributed by atoms with Crippen molar-refractivity contribution < 1.29 is 8.81 Å². The van der Waals surface area contributed by atoms with E-state index in [4.69, 9.17) is 4.42 Å². The highest BCUT2D eigenvalue weighted by Crippen LogP contribution is 2.20. The standard InChI is InChI=1S/C17H18FN5O/c18-14-3-1-2-13(6-14)17-21-15(10-24-17)8-19-7-12-4-5-16-22-20-11-23(16)9-12/h1-3,6,10-12,19H,4-5,7-9H2. The van der Waals surface area contributed by atoms with E-state index in [1.54, 1.807) is 24.7 Å². The fourth-order valence-corrected chi connectivity index (χ4v) is 3.04. The molecule has 1 unspecified atom stereocenters. The number of hydrogen-bond acceptors (Lipinski definition) is 5. The molecule has 0 radical (unpaired) electrons. The number of nitrogens with one attached hydrogen (secondary N) is 1. The number of aryl methyl sites for hydroxylation is 1. The van der Waals surface area contributed by atoms with Crippen LogP contribution in [0.25, 0.3) is 11.5 Å². The molecule has 7 heteroatoms. The van der Waals surface area contributed by atoms with Gasteiger partial charge in [0, 0.05) is 31.6 Å². The van der Waals surface area contributed by atoms with Crippen LogP contribution in [0.1, 0.15) is 17.9 Å². The maximum absolute atomic E-state index is 13.3. The van der Waals surface area contributed by atoms with Crippen LogP contribution in [0, 0.1) is 11.7 Å². The van der Waals surface area contributed by atoms with Crippen molar-refractivity contribution in [2.45, 2.75) is 25.9 Å². The third-order valence-electron chi connectivity index (χ3n) is 4.29. The topological polar surface area (TPSA) is 68.8 Å². The van der Waals surface area contributed by atoms with Gasteiger partial charge in [-0.1, -0.05) is 6.07 Å². The van der Waals surface area contributed by atoms with Gasteiger partial charge >= 0.3 is 0 Å². The maximum Gasteiger partial charge on any atom is 0.226 e. The highest BCUT2D eigenvalue weighted by Gasteiger charge is 2.19. The summed E-state index contributed by atoms with van der Waals surface area (Å²) in [6.45, 7) is 2.48. The maximum atomic E-state index is 13.3. The summed E-state index contributed by atoms with van der Waals surface area (Å²) in [5, 5.41) is 11.5. The second-order valence-electron chi connectivity index (χ2n) is 6.09. The van der Waals surface area contributed by atoms with E-state index in [2.05, 4.69) is 25.1 Å². The van der Waals surface area contributed by atoms with Crippen LogP contribution in [0.15, 0.2) is 41.3 Å². The molecule has 0 aliphatic carbocycles. The van der Waals surface area contributed by atoms with Crippen molar-refractivity contribution in [1.29, 1.82) is 0 Å². The first-order valence-corrected chi connectivity index (χ1v) is 8.05. The normalized spacial score (nSPS) is 17.0. The molecule has 6 nitrogen and oxygen atoms in total. The van der Waals surface area contributed by atoms with Gasteiger partial charge in [-0.05, 0) is 30.5 Å². The third kappa shape index (κ3) is 3.21. The summed E-state index contributed by atoms with van der Waals surface area (Å²) in [6, 6.07) is 6.25. The van der Waals surface area contributed by atoms with Crippen molar-refractivity contribution in [3.63, 3.8) is 0 Å². The van der Waals surface area contributed by atoms with E-state index in [0.29, 0.717) is 23.9 Å². The molecule has 0 bridgehead atoms. The van der Waals surface area contributed by atoms with E-state index < -0.39 is 0 Å². The Labute approximate surface area is 138 Å². The van der Waals surface area contributed by atoms with Gasteiger partial charge in [0.15, 0.2) is 0 Å². The van der Waals surface area contributed by atoms with Crippen molar-refractivity contribution >= 4 is 0 Å². The molecule has 3 heterocycles. The van der Waals surface area contributed by atoms with Crippen molar-refractivity contribution in [3.8, 4) is 11.5 Å². The molecule has 2 aromatic heterocycles. The van der Waals surface area contributed by atoms with E-state index >= 15 is 0 Å². The van der Waals surface area contributed by atoms with Gasteiger partial charge in [-0.15, -0.1) is 10.2 Å². The van der Waals surface area contributed by atoms with Crippen LogP contribution in [-0.4, -0.2) is 26.3 Å². The molecule has 1 N–H and O–H groups in total.